The van der Waals surface area contributed by atoms with E-state index in [-0.39, 0.29) is 28.3 Å². The minimum atomic E-state index is -3.39. The number of carboxylic acids is 2. The van der Waals surface area contributed by atoms with Crippen LogP contribution >= 0.6 is 11.6 Å². The first kappa shape index (κ1) is 20.2. The Kier molecular flexibility index (Phi) is 5.63. The number of halogens is 1. The molecule has 1 aliphatic rings. The highest BCUT2D eigenvalue weighted by molar-refractivity contribution is 7.90. The predicted octanol–water partition coefficient (Wildman–Crippen LogP) is 2.96. The molecule has 0 saturated carbocycles. The second-order valence-corrected chi connectivity index (χ2v) is 8.80. The van der Waals surface area contributed by atoms with E-state index in [1.807, 2.05) is 0 Å². The van der Waals surface area contributed by atoms with E-state index in [4.69, 9.17) is 11.6 Å². The monoisotopic (exact) mass is 398 g/mol. The number of benzene rings is 1. The van der Waals surface area contributed by atoms with Crippen molar-refractivity contribution in [2.75, 3.05) is 6.26 Å². The smallest absolute Gasteiger partial charge is 0.331 e. The molecule has 1 aromatic carbocycles. The molecule has 1 aliphatic carbocycles. The van der Waals surface area contributed by atoms with Gasteiger partial charge in [0.1, 0.15) is 0 Å². The molecule has 0 fully saturated rings. The van der Waals surface area contributed by atoms with Crippen LogP contribution in [0.15, 0.2) is 46.9 Å². The predicted molar refractivity (Wildman–Crippen MR) is 97.0 cm³/mol. The van der Waals surface area contributed by atoms with Crippen LogP contribution < -0.4 is 0 Å². The van der Waals surface area contributed by atoms with E-state index >= 15 is 0 Å². The van der Waals surface area contributed by atoms with E-state index in [0.29, 0.717) is 5.56 Å². The molecular formula is C18H19ClO6S. The zero-order chi connectivity index (χ0) is 19.7. The summed E-state index contributed by atoms with van der Waals surface area (Å²) in [6.45, 7) is 1.58. The second-order valence-electron chi connectivity index (χ2n) is 6.38. The van der Waals surface area contributed by atoms with Crippen molar-refractivity contribution >= 4 is 33.4 Å². The van der Waals surface area contributed by atoms with E-state index in [2.05, 4.69) is 0 Å². The van der Waals surface area contributed by atoms with Crippen LogP contribution in [0.2, 0.25) is 5.02 Å². The number of allylic oxidation sites excluding steroid dienone is 2. The van der Waals surface area contributed by atoms with Crippen molar-refractivity contribution in [3.05, 3.63) is 52.6 Å². The molecule has 0 saturated heterocycles. The first-order chi connectivity index (χ1) is 12.0. The first-order valence-electron chi connectivity index (χ1n) is 7.83. The summed E-state index contributed by atoms with van der Waals surface area (Å²) in [4.78, 5) is 23.4. The van der Waals surface area contributed by atoms with E-state index < -0.39 is 33.1 Å². The molecule has 140 valence electrons. The SMILES string of the molecule is CC1C(C(=O)O)=CC=CC1(CCc1ccc(S(C)(=O)=O)cc1Cl)C(=O)O. The van der Waals surface area contributed by atoms with Crippen LogP contribution in [0.3, 0.4) is 0 Å². The Morgan fingerprint density at radius 2 is 1.92 bits per heavy atom. The molecule has 0 amide bonds. The van der Waals surface area contributed by atoms with Crippen molar-refractivity contribution < 1.29 is 28.2 Å². The van der Waals surface area contributed by atoms with Crippen LogP contribution in [-0.2, 0) is 25.8 Å². The first-order valence-corrected chi connectivity index (χ1v) is 10.1. The summed E-state index contributed by atoms with van der Waals surface area (Å²) in [5.41, 5.74) is -0.735. The Labute approximate surface area is 156 Å². The molecule has 2 unspecified atom stereocenters. The van der Waals surface area contributed by atoms with Crippen LogP contribution in [0.4, 0.5) is 0 Å². The molecule has 0 bridgehead atoms. The van der Waals surface area contributed by atoms with Gasteiger partial charge >= 0.3 is 11.9 Å². The van der Waals surface area contributed by atoms with E-state index in [1.165, 1.54) is 30.4 Å². The van der Waals surface area contributed by atoms with Crippen LogP contribution in [0.5, 0.6) is 0 Å². The minimum absolute atomic E-state index is 0.0356. The van der Waals surface area contributed by atoms with Gasteiger partial charge in [-0.2, -0.15) is 0 Å². The number of aryl methyl sites for hydroxylation is 1. The molecule has 2 atom stereocenters. The maximum atomic E-state index is 12.0. The number of sulfone groups is 1. The van der Waals surface area contributed by atoms with Gasteiger partial charge in [-0.05, 0) is 30.5 Å². The van der Waals surface area contributed by atoms with Crippen molar-refractivity contribution in [1.29, 1.82) is 0 Å². The summed E-state index contributed by atoms with van der Waals surface area (Å²) in [6.07, 6.45) is 5.82. The molecule has 2 N–H and O–H groups in total. The zero-order valence-electron chi connectivity index (χ0n) is 14.3. The average Bonchev–Trinajstić information content (AvgIpc) is 2.53. The van der Waals surface area contributed by atoms with E-state index in [0.717, 1.165) is 6.26 Å². The van der Waals surface area contributed by atoms with Gasteiger partial charge in [-0.15, -0.1) is 0 Å². The van der Waals surface area contributed by atoms with Gasteiger partial charge in [0.2, 0.25) is 0 Å². The van der Waals surface area contributed by atoms with Gasteiger partial charge in [0, 0.05) is 22.8 Å². The average molecular weight is 399 g/mol. The molecule has 0 aromatic heterocycles. The molecule has 1 aromatic rings. The minimum Gasteiger partial charge on any atom is -0.481 e. The van der Waals surface area contributed by atoms with Gasteiger partial charge in [0.25, 0.3) is 0 Å². The van der Waals surface area contributed by atoms with Crippen molar-refractivity contribution in [2.45, 2.75) is 24.7 Å². The third-order valence-electron chi connectivity index (χ3n) is 4.81. The Hall–Kier alpha value is -2.12. The van der Waals surface area contributed by atoms with Crippen molar-refractivity contribution in [1.82, 2.24) is 0 Å². The van der Waals surface area contributed by atoms with Gasteiger partial charge in [-0.25, -0.2) is 13.2 Å². The lowest BCUT2D eigenvalue weighted by molar-refractivity contribution is -0.149. The van der Waals surface area contributed by atoms with Gasteiger partial charge in [0.15, 0.2) is 9.84 Å². The standard InChI is InChI=1S/C18H19ClO6S/c1-11-14(16(20)21)4-3-8-18(11,17(22)23)9-7-12-5-6-13(10-15(12)19)26(2,24)25/h3-6,8,10-11H,7,9H2,1-2H3,(H,20,21)(H,22,23). The van der Waals surface area contributed by atoms with Gasteiger partial charge in [0.05, 0.1) is 10.3 Å². The Bertz CT molecular complexity index is 916. The summed E-state index contributed by atoms with van der Waals surface area (Å²) in [6, 6.07) is 4.31. The van der Waals surface area contributed by atoms with Gasteiger partial charge in [-0.1, -0.05) is 42.8 Å². The molecular weight excluding hydrogens is 380 g/mol. The fraction of sp³-hybridized carbons (Fsp3) is 0.333. The molecule has 0 aliphatic heterocycles. The maximum absolute atomic E-state index is 12.0. The molecule has 0 spiro atoms. The summed E-state index contributed by atoms with van der Waals surface area (Å²) >= 11 is 6.16. The number of carbonyl (C=O) groups is 2. The summed E-state index contributed by atoms with van der Waals surface area (Å²) in [5, 5.41) is 19.3. The van der Waals surface area contributed by atoms with E-state index in [1.54, 1.807) is 13.0 Å². The highest BCUT2D eigenvalue weighted by Gasteiger charge is 2.45. The van der Waals surface area contributed by atoms with Crippen molar-refractivity contribution in [2.24, 2.45) is 11.3 Å². The molecule has 6 nitrogen and oxygen atoms in total. The fourth-order valence-corrected chi connectivity index (χ4v) is 4.10. The van der Waals surface area contributed by atoms with E-state index in [9.17, 15) is 28.2 Å². The quantitative estimate of drug-likeness (QED) is 0.762. The number of aliphatic carboxylic acids is 2. The normalized spacial score (nSPS) is 22.7. The molecule has 0 radical (unpaired) electrons. The molecule has 0 heterocycles. The Balaban J connectivity index is 2.31. The fourth-order valence-electron chi connectivity index (χ4n) is 3.11. The Morgan fingerprint density at radius 3 is 2.42 bits per heavy atom. The second kappa shape index (κ2) is 7.25. The zero-order valence-corrected chi connectivity index (χ0v) is 15.8. The molecule has 8 heteroatoms. The highest BCUT2D eigenvalue weighted by atomic mass is 35.5. The van der Waals surface area contributed by atoms with Crippen LogP contribution in [0.1, 0.15) is 18.9 Å². The lowest BCUT2D eigenvalue weighted by Crippen LogP contribution is -2.40. The number of hydrogen-bond acceptors (Lipinski definition) is 4. The number of hydrogen-bond donors (Lipinski definition) is 2. The maximum Gasteiger partial charge on any atom is 0.331 e. The van der Waals surface area contributed by atoms with Crippen LogP contribution in [0.25, 0.3) is 0 Å². The van der Waals surface area contributed by atoms with Crippen molar-refractivity contribution in [3.63, 3.8) is 0 Å². The third-order valence-corrected chi connectivity index (χ3v) is 6.28. The van der Waals surface area contributed by atoms with Gasteiger partial charge < -0.3 is 10.2 Å². The highest BCUT2D eigenvalue weighted by Crippen LogP contribution is 2.42. The third kappa shape index (κ3) is 3.83. The van der Waals surface area contributed by atoms with Gasteiger partial charge in [-0.3, -0.25) is 4.79 Å². The topological polar surface area (TPSA) is 109 Å². The molecule has 26 heavy (non-hydrogen) atoms. The largest absolute Gasteiger partial charge is 0.481 e. The van der Waals surface area contributed by atoms with Crippen LogP contribution in [0, 0.1) is 11.3 Å². The number of rotatable bonds is 6. The Morgan fingerprint density at radius 1 is 1.27 bits per heavy atom. The summed E-state index contributed by atoms with van der Waals surface area (Å²) in [7, 11) is -3.39. The summed E-state index contributed by atoms with van der Waals surface area (Å²) < 4.78 is 23.2. The lowest BCUT2D eigenvalue weighted by Gasteiger charge is -2.35. The lowest BCUT2D eigenvalue weighted by atomic mass is 9.67. The van der Waals surface area contributed by atoms with Crippen molar-refractivity contribution in [3.8, 4) is 0 Å². The van der Waals surface area contributed by atoms with Crippen LogP contribution in [-0.4, -0.2) is 36.8 Å². The molecule has 2 rings (SSSR count). The number of carboxylic acid groups (broad SMARTS) is 2. The summed E-state index contributed by atoms with van der Waals surface area (Å²) in [5.74, 6) is -2.99.